The molecule has 0 spiro atoms. The van der Waals surface area contributed by atoms with Crippen LogP contribution < -0.4 is 5.32 Å². The van der Waals surface area contributed by atoms with Gasteiger partial charge in [0.15, 0.2) is 0 Å². The molecule has 110 valence electrons. The summed E-state index contributed by atoms with van der Waals surface area (Å²) in [5.41, 5.74) is 4.81. The molecule has 3 rings (SSSR count). The molecule has 0 aliphatic rings. The molecule has 0 saturated carbocycles. The van der Waals surface area contributed by atoms with Crippen LogP contribution in [0, 0.1) is 13.8 Å². The van der Waals surface area contributed by atoms with Crippen LogP contribution >= 0.6 is 0 Å². The molecule has 3 heteroatoms. The Morgan fingerprint density at radius 1 is 0.909 bits per heavy atom. The van der Waals surface area contributed by atoms with Gasteiger partial charge in [-0.15, -0.1) is 0 Å². The number of nitrogens with one attached hydrogen (secondary N) is 1. The summed E-state index contributed by atoms with van der Waals surface area (Å²) in [6, 6.07) is 17.4. The highest BCUT2D eigenvalue weighted by Gasteiger charge is 2.08. The second-order valence-electron chi connectivity index (χ2n) is 5.34. The predicted octanol–water partition coefficient (Wildman–Crippen LogP) is 4.35. The Kier molecular flexibility index (Phi) is 3.79. The van der Waals surface area contributed by atoms with E-state index in [-0.39, 0.29) is 5.91 Å². The quantitative estimate of drug-likeness (QED) is 0.764. The first-order valence-corrected chi connectivity index (χ1v) is 7.26. The molecule has 0 unspecified atom stereocenters. The summed E-state index contributed by atoms with van der Waals surface area (Å²) < 4.78 is 2.01. The van der Waals surface area contributed by atoms with Crippen LogP contribution in [0.3, 0.4) is 0 Å². The van der Waals surface area contributed by atoms with E-state index < -0.39 is 0 Å². The topological polar surface area (TPSA) is 34.0 Å². The molecule has 0 atom stereocenters. The van der Waals surface area contributed by atoms with Crippen molar-refractivity contribution in [1.82, 2.24) is 4.57 Å². The molecule has 3 nitrogen and oxygen atoms in total. The van der Waals surface area contributed by atoms with Crippen LogP contribution in [-0.2, 0) is 0 Å². The zero-order chi connectivity index (χ0) is 15.5. The Hall–Kier alpha value is -2.81. The van der Waals surface area contributed by atoms with Gasteiger partial charge in [0.1, 0.15) is 0 Å². The van der Waals surface area contributed by atoms with Gasteiger partial charge in [-0.2, -0.15) is 0 Å². The van der Waals surface area contributed by atoms with Crippen molar-refractivity contribution in [3.8, 4) is 5.69 Å². The number of rotatable bonds is 3. The molecule has 3 aromatic rings. The lowest BCUT2D eigenvalue weighted by Gasteiger charge is -2.11. The van der Waals surface area contributed by atoms with Crippen LogP contribution in [0.4, 0.5) is 5.69 Å². The number of aryl methyl sites for hydroxylation is 1. The van der Waals surface area contributed by atoms with Crippen LogP contribution in [0.5, 0.6) is 0 Å². The Morgan fingerprint density at radius 3 is 2.27 bits per heavy atom. The van der Waals surface area contributed by atoms with Gasteiger partial charge >= 0.3 is 0 Å². The van der Waals surface area contributed by atoms with Crippen molar-refractivity contribution in [3.63, 3.8) is 0 Å². The molecule has 0 aliphatic carbocycles. The maximum Gasteiger partial charge on any atom is 0.255 e. The van der Waals surface area contributed by atoms with E-state index in [2.05, 4.69) is 5.32 Å². The van der Waals surface area contributed by atoms with E-state index >= 15 is 0 Å². The molecule has 1 aromatic heterocycles. The van der Waals surface area contributed by atoms with Crippen molar-refractivity contribution in [2.24, 2.45) is 0 Å². The smallest absolute Gasteiger partial charge is 0.255 e. The van der Waals surface area contributed by atoms with E-state index in [1.807, 2.05) is 85.4 Å². The average Bonchev–Trinajstić information content (AvgIpc) is 3.06. The average molecular weight is 290 g/mol. The summed E-state index contributed by atoms with van der Waals surface area (Å²) >= 11 is 0. The molecular formula is C19H18N2O. The van der Waals surface area contributed by atoms with Gasteiger partial charge < -0.3 is 9.88 Å². The molecule has 0 radical (unpaired) electrons. The summed E-state index contributed by atoms with van der Waals surface area (Å²) in [6.07, 6.45) is 3.95. The van der Waals surface area contributed by atoms with Gasteiger partial charge in [-0.1, -0.05) is 12.1 Å². The molecule has 0 saturated heterocycles. The number of hydrogen-bond acceptors (Lipinski definition) is 1. The number of anilines is 1. The van der Waals surface area contributed by atoms with Gasteiger partial charge in [0, 0.05) is 29.3 Å². The standard InChI is InChI=1S/C19H18N2O/c1-14-6-5-7-18(15(14)2)20-19(22)16-8-10-17(11-9-16)21-12-3-4-13-21/h3-13H,1-2H3,(H,20,22). The highest BCUT2D eigenvalue weighted by atomic mass is 16.1. The maximum absolute atomic E-state index is 12.4. The van der Waals surface area contributed by atoms with Gasteiger partial charge in [-0.25, -0.2) is 0 Å². The summed E-state index contributed by atoms with van der Waals surface area (Å²) in [6.45, 7) is 4.05. The lowest BCUT2D eigenvalue weighted by Crippen LogP contribution is -2.13. The molecule has 22 heavy (non-hydrogen) atoms. The third-order valence-corrected chi connectivity index (χ3v) is 3.88. The fourth-order valence-electron chi connectivity index (χ4n) is 2.37. The zero-order valence-corrected chi connectivity index (χ0v) is 12.7. The minimum atomic E-state index is -0.0900. The Labute approximate surface area is 130 Å². The SMILES string of the molecule is Cc1cccc(NC(=O)c2ccc(-n3cccc3)cc2)c1C. The van der Waals surface area contributed by atoms with Gasteiger partial charge in [0.25, 0.3) is 5.91 Å². The van der Waals surface area contributed by atoms with Crippen LogP contribution in [0.2, 0.25) is 0 Å². The Bertz CT molecular complexity index is 787. The first-order chi connectivity index (χ1) is 10.6. The van der Waals surface area contributed by atoms with Crippen LogP contribution in [0.25, 0.3) is 5.69 Å². The molecule has 0 aliphatic heterocycles. The number of benzene rings is 2. The molecule has 1 amide bonds. The molecule has 2 aromatic carbocycles. The van der Waals surface area contributed by atoms with E-state index in [0.29, 0.717) is 5.56 Å². The van der Waals surface area contributed by atoms with Crippen LogP contribution in [-0.4, -0.2) is 10.5 Å². The number of hydrogen-bond donors (Lipinski definition) is 1. The fraction of sp³-hybridized carbons (Fsp3) is 0.105. The Morgan fingerprint density at radius 2 is 1.59 bits per heavy atom. The first kappa shape index (κ1) is 14.1. The van der Waals surface area contributed by atoms with E-state index in [4.69, 9.17) is 0 Å². The minimum absolute atomic E-state index is 0.0900. The van der Waals surface area contributed by atoms with E-state index in [1.54, 1.807) is 0 Å². The van der Waals surface area contributed by atoms with Crippen molar-refractivity contribution < 1.29 is 4.79 Å². The van der Waals surface area contributed by atoms with Gasteiger partial charge in [-0.3, -0.25) is 4.79 Å². The summed E-state index contributed by atoms with van der Waals surface area (Å²) in [5, 5.41) is 2.98. The predicted molar refractivity (Wildman–Crippen MR) is 89.6 cm³/mol. The van der Waals surface area contributed by atoms with Gasteiger partial charge in [-0.05, 0) is 67.4 Å². The summed E-state index contributed by atoms with van der Waals surface area (Å²) in [7, 11) is 0. The second kappa shape index (κ2) is 5.90. The first-order valence-electron chi connectivity index (χ1n) is 7.26. The number of carbonyl (C=O) groups is 1. The number of aromatic nitrogens is 1. The van der Waals surface area contributed by atoms with Gasteiger partial charge in [0.2, 0.25) is 0 Å². The normalized spacial score (nSPS) is 10.5. The summed E-state index contributed by atoms with van der Waals surface area (Å²) in [5.74, 6) is -0.0900. The second-order valence-corrected chi connectivity index (χ2v) is 5.34. The molecule has 1 heterocycles. The minimum Gasteiger partial charge on any atom is -0.324 e. The monoisotopic (exact) mass is 290 g/mol. The lowest BCUT2D eigenvalue weighted by atomic mass is 10.1. The van der Waals surface area contributed by atoms with E-state index in [1.165, 1.54) is 5.56 Å². The highest BCUT2D eigenvalue weighted by Crippen LogP contribution is 2.19. The van der Waals surface area contributed by atoms with Gasteiger partial charge in [0.05, 0.1) is 0 Å². The third-order valence-electron chi connectivity index (χ3n) is 3.88. The van der Waals surface area contributed by atoms with Crippen molar-refractivity contribution in [1.29, 1.82) is 0 Å². The highest BCUT2D eigenvalue weighted by molar-refractivity contribution is 6.04. The summed E-state index contributed by atoms with van der Waals surface area (Å²) in [4.78, 5) is 12.4. The van der Waals surface area contributed by atoms with E-state index in [0.717, 1.165) is 16.9 Å². The molecule has 0 bridgehead atoms. The van der Waals surface area contributed by atoms with Crippen LogP contribution in [0.1, 0.15) is 21.5 Å². The maximum atomic E-state index is 12.4. The zero-order valence-electron chi connectivity index (χ0n) is 12.7. The third kappa shape index (κ3) is 2.79. The number of carbonyl (C=O) groups excluding carboxylic acids is 1. The van der Waals surface area contributed by atoms with Crippen molar-refractivity contribution in [3.05, 3.63) is 83.7 Å². The Balaban J connectivity index is 1.79. The van der Waals surface area contributed by atoms with E-state index in [9.17, 15) is 4.79 Å². The largest absolute Gasteiger partial charge is 0.324 e. The van der Waals surface area contributed by atoms with Crippen LogP contribution in [0.15, 0.2) is 67.0 Å². The van der Waals surface area contributed by atoms with Crippen molar-refractivity contribution in [2.45, 2.75) is 13.8 Å². The molecular weight excluding hydrogens is 272 g/mol. The number of amides is 1. The van der Waals surface area contributed by atoms with Crippen molar-refractivity contribution in [2.75, 3.05) is 5.32 Å². The fourth-order valence-corrected chi connectivity index (χ4v) is 2.37. The number of nitrogens with zero attached hydrogens (tertiary/aromatic N) is 1. The molecule has 0 fully saturated rings. The lowest BCUT2D eigenvalue weighted by molar-refractivity contribution is 0.102. The van der Waals surface area contributed by atoms with Crippen molar-refractivity contribution >= 4 is 11.6 Å². The molecule has 1 N–H and O–H groups in total.